The van der Waals surface area contributed by atoms with Crippen LogP contribution >= 0.6 is 0 Å². The third-order valence-electron chi connectivity index (χ3n) is 3.08. The molecule has 1 amide bonds. The number of carbonyl (C=O) groups excluding carboxylic acids is 1. The molecule has 0 radical (unpaired) electrons. The van der Waals surface area contributed by atoms with Gasteiger partial charge in [-0.15, -0.1) is 0 Å². The van der Waals surface area contributed by atoms with E-state index < -0.39 is 17.9 Å². The summed E-state index contributed by atoms with van der Waals surface area (Å²) in [6, 6.07) is 5.75. The van der Waals surface area contributed by atoms with E-state index in [1.165, 1.54) is 0 Å². The van der Waals surface area contributed by atoms with Crippen molar-refractivity contribution >= 4 is 11.9 Å². The van der Waals surface area contributed by atoms with Crippen LogP contribution < -0.4 is 10.1 Å². The van der Waals surface area contributed by atoms with Crippen molar-refractivity contribution in [1.29, 1.82) is 0 Å². The second-order valence-electron chi connectivity index (χ2n) is 5.26. The van der Waals surface area contributed by atoms with E-state index in [0.717, 1.165) is 6.42 Å². The van der Waals surface area contributed by atoms with E-state index in [-0.39, 0.29) is 5.92 Å². The molecule has 1 atom stereocenters. The molecule has 0 bridgehead atoms. The van der Waals surface area contributed by atoms with Gasteiger partial charge in [-0.05, 0) is 24.1 Å². The lowest BCUT2D eigenvalue weighted by Crippen LogP contribution is -2.44. The zero-order valence-corrected chi connectivity index (χ0v) is 13.2. The molecule has 0 aliphatic carbocycles. The van der Waals surface area contributed by atoms with Gasteiger partial charge >= 0.3 is 5.97 Å². The molecule has 0 unspecified atom stereocenters. The highest BCUT2D eigenvalue weighted by Gasteiger charge is 2.23. The molecule has 1 aromatic rings. The first-order valence-corrected chi connectivity index (χ1v) is 7.21. The van der Waals surface area contributed by atoms with E-state index in [1.807, 2.05) is 0 Å². The molecule has 0 spiro atoms. The van der Waals surface area contributed by atoms with Gasteiger partial charge in [0, 0.05) is 25.7 Å². The smallest absolute Gasteiger partial charge is 0.326 e. The number of carbonyl (C=O) groups is 2. The molecule has 0 fully saturated rings. The Morgan fingerprint density at radius 3 is 2.59 bits per heavy atom. The van der Waals surface area contributed by atoms with E-state index in [1.54, 1.807) is 45.2 Å². The largest absolute Gasteiger partial charge is 0.493 e. The maximum atomic E-state index is 12.1. The minimum atomic E-state index is -1.05. The van der Waals surface area contributed by atoms with Gasteiger partial charge in [-0.1, -0.05) is 19.9 Å². The Morgan fingerprint density at radius 1 is 1.27 bits per heavy atom. The maximum Gasteiger partial charge on any atom is 0.326 e. The molecular weight excluding hydrogens is 286 g/mol. The van der Waals surface area contributed by atoms with Crippen molar-refractivity contribution < 1.29 is 24.2 Å². The fraction of sp³-hybridized carbons (Fsp3) is 0.500. The van der Waals surface area contributed by atoms with Crippen LogP contribution in [-0.4, -0.2) is 43.3 Å². The van der Waals surface area contributed by atoms with Crippen molar-refractivity contribution in [3.05, 3.63) is 29.8 Å². The summed E-state index contributed by atoms with van der Waals surface area (Å²) < 4.78 is 10.5. The first kappa shape index (κ1) is 18.0. The first-order valence-electron chi connectivity index (χ1n) is 7.21. The van der Waals surface area contributed by atoms with Crippen LogP contribution in [0.2, 0.25) is 0 Å². The number of rotatable bonds is 9. The van der Waals surface area contributed by atoms with E-state index in [0.29, 0.717) is 24.5 Å². The van der Waals surface area contributed by atoms with Gasteiger partial charge in [-0.25, -0.2) is 4.79 Å². The molecule has 0 heterocycles. The molecule has 2 N–H and O–H groups in total. The highest BCUT2D eigenvalue weighted by Crippen LogP contribution is 2.14. The van der Waals surface area contributed by atoms with Crippen molar-refractivity contribution in [2.24, 2.45) is 5.92 Å². The summed E-state index contributed by atoms with van der Waals surface area (Å²) in [6.07, 6.45) is 0.751. The zero-order valence-electron chi connectivity index (χ0n) is 13.2. The number of carboxylic acids is 1. The average Bonchev–Trinajstić information content (AvgIpc) is 2.48. The normalized spacial score (nSPS) is 12.0. The number of carboxylic acid groups (broad SMARTS) is 1. The minimum absolute atomic E-state index is 0.199. The van der Waals surface area contributed by atoms with Crippen molar-refractivity contribution in [2.45, 2.75) is 26.3 Å². The Kier molecular flexibility index (Phi) is 7.39. The number of aliphatic carboxylic acids is 1. The second kappa shape index (κ2) is 9.04. The van der Waals surface area contributed by atoms with Crippen LogP contribution in [-0.2, 0) is 9.53 Å². The molecule has 1 rings (SSSR count). The van der Waals surface area contributed by atoms with E-state index >= 15 is 0 Å². The van der Waals surface area contributed by atoms with Crippen LogP contribution in [0.5, 0.6) is 5.75 Å². The molecule has 1 aromatic carbocycles. The fourth-order valence-corrected chi connectivity index (χ4v) is 1.86. The third-order valence-corrected chi connectivity index (χ3v) is 3.08. The van der Waals surface area contributed by atoms with Gasteiger partial charge in [0.15, 0.2) is 0 Å². The molecule has 0 aliphatic heterocycles. The van der Waals surface area contributed by atoms with Gasteiger partial charge in [0.2, 0.25) is 0 Å². The lowest BCUT2D eigenvalue weighted by molar-refractivity contribution is -0.140. The summed E-state index contributed by atoms with van der Waals surface area (Å²) in [6.45, 7) is 4.58. The van der Waals surface area contributed by atoms with E-state index in [2.05, 4.69) is 5.32 Å². The van der Waals surface area contributed by atoms with Gasteiger partial charge in [0.25, 0.3) is 5.91 Å². The monoisotopic (exact) mass is 309 g/mol. The van der Waals surface area contributed by atoms with Gasteiger partial charge in [0.1, 0.15) is 11.8 Å². The number of hydrogen-bond donors (Lipinski definition) is 2. The van der Waals surface area contributed by atoms with Crippen LogP contribution in [0, 0.1) is 5.92 Å². The summed E-state index contributed by atoms with van der Waals surface area (Å²) in [7, 11) is 1.62. The number of amides is 1. The van der Waals surface area contributed by atoms with Crippen LogP contribution in [0.15, 0.2) is 24.3 Å². The highest BCUT2D eigenvalue weighted by atomic mass is 16.5. The molecule has 22 heavy (non-hydrogen) atoms. The van der Waals surface area contributed by atoms with Gasteiger partial charge in [-0.3, -0.25) is 4.79 Å². The maximum absolute atomic E-state index is 12.1. The van der Waals surface area contributed by atoms with Crippen molar-refractivity contribution in [2.75, 3.05) is 20.3 Å². The Balaban J connectivity index is 2.67. The number of ether oxygens (including phenoxy) is 2. The minimum Gasteiger partial charge on any atom is -0.493 e. The SMILES string of the molecule is COCCCOc1cccc(C(=O)N[C@@H](C(=O)O)C(C)C)c1. The topological polar surface area (TPSA) is 84.9 Å². The van der Waals surface area contributed by atoms with E-state index in [9.17, 15) is 9.59 Å². The average molecular weight is 309 g/mol. The van der Waals surface area contributed by atoms with Crippen molar-refractivity contribution in [3.63, 3.8) is 0 Å². The van der Waals surface area contributed by atoms with Crippen molar-refractivity contribution in [1.82, 2.24) is 5.32 Å². The molecule has 6 heteroatoms. The quantitative estimate of drug-likeness (QED) is 0.681. The molecular formula is C16H23NO5. The lowest BCUT2D eigenvalue weighted by Gasteiger charge is -2.18. The Hall–Kier alpha value is -2.08. The summed E-state index contributed by atoms with van der Waals surface area (Å²) in [5.41, 5.74) is 0.371. The molecule has 0 aromatic heterocycles. The van der Waals surface area contributed by atoms with Gasteiger partial charge in [-0.2, -0.15) is 0 Å². The zero-order chi connectivity index (χ0) is 16.5. The standard InChI is InChI=1S/C16H23NO5/c1-11(2)14(16(19)20)17-15(18)12-6-4-7-13(10-12)22-9-5-8-21-3/h4,6-7,10-11,14H,5,8-9H2,1-3H3,(H,17,18)(H,19,20)/t14-/m1/s1. The van der Waals surface area contributed by atoms with Crippen molar-refractivity contribution in [3.8, 4) is 5.75 Å². The molecule has 0 saturated heterocycles. The van der Waals surface area contributed by atoms with Crippen LogP contribution in [0.3, 0.4) is 0 Å². The summed E-state index contributed by atoms with van der Waals surface area (Å²) >= 11 is 0. The summed E-state index contributed by atoms with van der Waals surface area (Å²) in [4.78, 5) is 23.3. The number of nitrogens with one attached hydrogen (secondary N) is 1. The van der Waals surface area contributed by atoms with Crippen LogP contribution in [0.25, 0.3) is 0 Å². The number of methoxy groups -OCH3 is 1. The van der Waals surface area contributed by atoms with Gasteiger partial charge < -0.3 is 19.9 Å². The highest BCUT2D eigenvalue weighted by molar-refractivity contribution is 5.96. The predicted octanol–water partition coefficient (Wildman–Crippen LogP) is 1.94. The Morgan fingerprint density at radius 2 is 2.00 bits per heavy atom. The van der Waals surface area contributed by atoms with Gasteiger partial charge in [0.05, 0.1) is 6.61 Å². The molecule has 0 saturated carbocycles. The lowest BCUT2D eigenvalue weighted by atomic mass is 10.0. The molecule has 122 valence electrons. The second-order valence-corrected chi connectivity index (χ2v) is 5.26. The molecule has 0 aliphatic rings. The van der Waals surface area contributed by atoms with Crippen LogP contribution in [0.4, 0.5) is 0 Å². The summed E-state index contributed by atoms with van der Waals surface area (Å²) in [5.74, 6) is -1.10. The third kappa shape index (κ3) is 5.73. The number of benzene rings is 1. The first-order chi connectivity index (χ1) is 10.5. The fourth-order valence-electron chi connectivity index (χ4n) is 1.86. The Bertz CT molecular complexity index is 501. The molecule has 6 nitrogen and oxygen atoms in total. The summed E-state index contributed by atoms with van der Waals surface area (Å²) in [5, 5.41) is 11.6. The predicted molar refractivity (Wildman–Crippen MR) is 82.2 cm³/mol. The Labute approximate surface area is 130 Å². The number of hydrogen-bond acceptors (Lipinski definition) is 4. The van der Waals surface area contributed by atoms with Crippen LogP contribution in [0.1, 0.15) is 30.6 Å². The van der Waals surface area contributed by atoms with E-state index in [4.69, 9.17) is 14.6 Å².